The molecule has 0 aromatic heterocycles. The van der Waals surface area contributed by atoms with Gasteiger partial charge in [0.15, 0.2) is 6.61 Å². The number of esters is 1. The largest absolute Gasteiger partial charge is 0.452 e. The lowest BCUT2D eigenvalue weighted by Crippen LogP contribution is -2.46. The van der Waals surface area contributed by atoms with Crippen molar-refractivity contribution in [2.45, 2.75) is 37.8 Å². The minimum Gasteiger partial charge on any atom is -0.452 e. The Morgan fingerprint density at radius 1 is 1.09 bits per heavy atom. The topological polar surface area (TPSA) is 88.4 Å². The standard InChI is InChI=1S/C24H22F2N2O4/c25-23(26)32-19-10-8-17(9-11-19)14-20(18-6-2-1-3-7-18)22(30)31-15-21(29)28-24(16-27)12-4-5-13-24/h1-3,6-11,14,23H,4-5,12-13,15H2,(H,28,29)/b20-14-. The van der Waals surface area contributed by atoms with Crippen molar-refractivity contribution in [3.8, 4) is 11.8 Å². The zero-order chi connectivity index (χ0) is 23.0. The molecule has 1 saturated carbocycles. The minimum atomic E-state index is -2.93. The van der Waals surface area contributed by atoms with Crippen LogP contribution in [0.3, 0.4) is 0 Å². The third kappa shape index (κ3) is 6.14. The number of nitrogens with zero attached hydrogens (tertiary/aromatic N) is 1. The first kappa shape index (κ1) is 22.9. The zero-order valence-corrected chi connectivity index (χ0v) is 17.2. The molecule has 1 amide bonds. The molecule has 0 bridgehead atoms. The molecular weight excluding hydrogens is 418 g/mol. The molecular formula is C24H22F2N2O4. The van der Waals surface area contributed by atoms with Gasteiger partial charge in [-0.1, -0.05) is 42.5 Å². The molecule has 1 aliphatic carbocycles. The van der Waals surface area contributed by atoms with Crippen molar-refractivity contribution in [1.82, 2.24) is 5.32 Å². The van der Waals surface area contributed by atoms with Crippen LogP contribution >= 0.6 is 0 Å². The molecule has 8 heteroatoms. The maximum atomic E-state index is 12.8. The number of rotatable bonds is 8. The van der Waals surface area contributed by atoms with Crippen molar-refractivity contribution >= 4 is 23.5 Å². The Morgan fingerprint density at radius 2 is 1.75 bits per heavy atom. The summed E-state index contributed by atoms with van der Waals surface area (Å²) in [6.45, 7) is -3.45. The van der Waals surface area contributed by atoms with E-state index in [4.69, 9.17) is 4.74 Å². The lowest BCUT2D eigenvalue weighted by molar-refractivity contribution is -0.143. The number of hydrogen-bond donors (Lipinski definition) is 1. The molecule has 3 rings (SSSR count). The molecule has 1 N–H and O–H groups in total. The van der Waals surface area contributed by atoms with Crippen LogP contribution in [0.5, 0.6) is 5.75 Å². The summed E-state index contributed by atoms with van der Waals surface area (Å²) in [6.07, 6.45) is 4.40. The first-order valence-electron chi connectivity index (χ1n) is 10.1. The Morgan fingerprint density at radius 3 is 2.34 bits per heavy atom. The number of nitrogens with one attached hydrogen (secondary N) is 1. The lowest BCUT2D eigenvalue weighted by atomic mass is 10.00. The van der Waals surface area contributed by atoms with Crippen LogP contribution in [0.4, 0.5) is 8.78 Å². The van der Waals surface area contributed by atoms with Gasteiger partial charge in [-0.05, 0) is 55.0 Å². The number of halogens is 2. The number of alkyl halides is 2. The monoisotopic (exact) mass is 440 g/mol. The van der Waals surface area contributed by atoms with E-state index in [1.165, 1.54) is 30.3 Å². The van der Waals surface area contributed by atoms with E-state index in [1.807, 2.05) is 0 Å². The summed E-state index contributed by atoms with van der Waals surface area (Å²) in [7, 11) is 0. The van der Waals surface area contributed by atoms with Crippen LogP contribution in [0.2, 0.25) is 0 Å². The van der Waals surface area contributed by atoms with Gasteiger partial charge >= 0.3 is 12.6 Å². The van der Waals surface area contributed by atoms with Crippen LogP contribution in [-0.2, 0) is 14.3 Å². The van der Waals surface area contributed by atoms with Crippen LogP contribution in [0.15, 0.2) is 54.6 Å². The maximum absolute atomic E-state index is 12.8. The van der Waals surface area contributed by atoms with Gasteiger partial charge in [0.05, 0.1) is 11.6 Å². The van der Waals surface area contributed by atoms with Crippen molar-refractivity contribution in [2.24, 2.45) is 0 Å². The Labute approximate surface area is 184 Å². The van der Waals surface area contributed by atoms with E-state index < -0.39 is 30.6 Å². The molecule has 0 atom stereocenters. The summed E-state index contributed by atoms with van der Waals surface area (Å²) in [6, 6.07) is 16.6. The molecule has 1 aliphatic rings. The summed E-state index contributed by atoms with van der Waals surface area (Å²) in [5.41, 5.74) is 0.414. The lowest BCUT2D eigenvalue weighted by Gasteiger charge is -2.21. The first-order chi connectivity index (χ1) is 15.4. The smallest absolute Gasteiger partial charge is 0.387 e. The summed E-state index contributed by atoms with van der Waals surface area (Å²) in [5.74, 6) is -1.27. The Hall–Kier alpha value is -3.73. The summed E-state index contributed by atoms with van der Waals surface area (Å²) < 4.78 is 34.2. The predicted molar refractivity (Wildman–Crippen MR) is 113 cm³/mol. The summed E-state index contributed by atoms with van der Waals surface area (Å²) in [5, 5.41) is 12.1. The van der Waals surface area contributed by atoms with E-state index in [-0.39, 0.29) is 11.3 Å². The highest BCUT2D eigenvalue weighted by molar-refractivity contribution is 6.21. The second-order valence-corrected chi connectivity index (χ2v) is 7.40. The average molecular weight is 440 g/mol. The number of amides is 1. The second-order valence-electron chi connectivity index (χ2n) is 7.40. The fraction of sp³-hybridized carbons (Fsp3) is 0.292. The fourth-order valence-electron chi connectivity index (χ4n) is 3.55. The molecule has 0 radical (unpaired) electrons. The zero-order valence-electron chi connectivity index (χ0n) is 17.2. The summed E-state index contributed by atoms with van der Waals surface area (Å²) >= 11 is 0. The molecule has 32 heavy (non-hydrogen) atoms. The molecule has 166 valence electrons. The predicted octanol–water partition coefficient (Wildman–Crippen LogP) is 4.32. The number of benzene rings is 2. The van der Waals surface area contributed by atoms with Crippen LogP contribution in [0, 0.1) is 11.3 Å². The van der Waals surface area contributed by atoms with Gasteiger partial charge in [0.25, 0.3) is 5.91 Å². The van der Waals surface area contributed by atoms with Gasteiger partial charge in [-0.2, -0.15) is 14.0 Å². The maximum Gasteiger partial charge on any atom is 0.387 e. The van der Waals surface area contributed by atoms with E-state index >= 15 is 0 Å². The highest BCUT2D eigenvalue weighted by atomic mass is 19.3. The van der Waals surface area contributed by atoms with Gasteiger partial charge in [-0.25, -0.2) is 4.79 Å². The number of nitriles is 1. The molecule has 0 aliphatic heterocycles. The molecule has 0 spiro atoms. The van der Waals surface area contributed by atoms with Crippen molar-refractivity contribution in [2.75, 3.05) is 6.61 Å². The molecule has 1 fully saturated rings. The van der Waals surface area contributed by atoms with Crippen molar-refractivity contribution in [3.05, 3.63) is 65.7 Å². The highest BCUT2D eigenvalue weighted by Crippen LogP contribution is 2.29. The van der Waals surface area contributed by atoms with Crippen molar-refractivity contribution < 1.29 is 27.8 Å². The van der Waals surface area contributed by atoms with Gasteiger partial charge in [0, 0.05) is 0 Å². The van der Waals surface area contributed by atoms with E-state index in [0.29, 0.717) is 24.0 Å². The normalized spacial score (nSPS) is 15.1. The Bertz CT molecular complexity index is 1010. The average Bonchev–Trinajstić information content (AvgIpc) is 3.26. The first-order valence-corrected chi connectivity index (χ1v) is 10.1. The van der Waals surface area contributed by atoms with Crippen LogP contribution in [0.25, 0.3) is 11.6 Å². The second kappa shape index (κ2) is 10.5. The quantitative estimate of drug-likeness (QED) is 0.375. The molecule has 0 saturated heterocycles. The van der Waals surface area contributed by atoms with E-state index in [2.05, 4.69) is 16.1 Å². The Balaban J connectivity index is 1.73. The van der Waals surface area contributed by atoms with E-state index in [1.54, 1.807) is 30.3 Å². The van der Waals surface area contributed by atoms with E-state index in [9.17, 15) is 23.6 Å². The fourth-order valence-corrected chi connectivity index (χ4v) is 3.55. The molecule has 6 nitrogen and oxygen atoms in total. The third-order valence-corrected chi connectivity index (χ3v) is 5.11. The molecule has 2 aromatic carbocycles. The highest BCUT2D eigenvalue weighted by Gasteiger charge is 2.35. The SMILES string of the molecule is N#CC1(NC(=O)COC(=O)/C(=C\c2ccc(OC(F)F)cc2)c2ccccc2)CCCC1. The van der Waals surface area contributed by atoms with Gasteiger partial charge in [0.1, 0.15) is 11.3 Å². The number of ether oxygens (including phenoxy) is 2. The van der Waals surface area contributed by atoms with Gasteiger partial charge in [-0.15, -0.1) is 0 Å². The van der Waals surface area contributed by atoms with Gasteiger partial charge in [-0.3, -0.25) is 4.79 Å². The summed E-state index contributed by atoms with van der Waals surface area (Å²) in [4.78, 5) is 25.1. The number of carbonyl (C=O) groups is 2. The van der Waals surface area contributed by atoms with Gasteiger partial charge < -0.3 is 14.8 Å². The minimum absolute atomic E-state index is 0.00371. The number of hydrogen-bond acceptors (Lipinski definition) is 5. The van der Waals surface area contributed by atoms with Gasteiger partial charge in [0.2, 0.25) is 0 Å². The van der Waals surface area contributed by atoms with Crippen LogP contribution < -0.4 is 10.1 Å². The third-order valence-electron chi connectivity index (χ3n) is 5.11. The van der Waals surface area contributed by atoms with E-state index in [0.717, 1.165) is 12.8 Å². The van der Waals surface area contributed by atoms with Crippen molar-refractivity contribution in [3.63, 3.8) is 0 Å². The number of carbonyl (C=O) groups excluding carboxylic acids is 2. The molecule has 2 aromatic rings. The van der Waals surface area contributed by atoms with Crippen LogP contribution in [-0.4, -0.2) is 30.6 Å². The van der Waals surface area contributed by atoms with Crippen molar-refractivity contribution in [1.29, 1.82) is 5.26 Å². The Kier molecular flexibility index (Phi) is 7.55. The van der Waals surface area contributed by atoms with Crippen LogP contribution in [0.1, 0.15) is 36.8 Å². The molecule has 0 heterocycles. The molecule has 0 unspecified atom stereocenters.